The maximum Gasteiger partial charge on any atom is 0.260 e. The van der Waals surface area contributed by atoms with Gasteiger partial charge in [0.1, 0.15) is 17.3 Å². The average molecular weight is 330 g/mol. The third-order valence-electron chi connectivity index (χ3n) is 4.02. The molecule has 2 aromatic rings. The number of nitrogens with zero attached hydrogens (tertiary/aromatic N) is 2. The second-order valence-corrected chi connectivity index (χ2v) is 5.63. The smallest absolute Gasteiger partial charge is 0.260 e. The molecule has 1 N–H and O–H groups in total. The highest BCUT2D eigenvalue weighted by molar-refractivity contribution is 5.78. The van der Waals surface area contributed by atoms with Gasteiger partial charge in [0.2, 0.25) is 0 Å². The Morgan fingerprint density at radius 2 is 1.62 bits per heavy atom. The van der Waals surface area contributed by atoms with Crippen LogP contribution >= 0.6 is 0 Å². The van der Waals surface area contributed by atoms with E-state index in [2.05, 4.69) is 4.90 Å². The Balaban J connectivity index is 1.48. The number of phenols is 1. The first-order valence-electron chi connectivity index (χ1n) is 7.82. The Hall–Kier alpha value is -2.76. The van der Waals surface area contributed by atoms with E-state index in [9.17, 15) is 14.3 Å². The fraction of sp³-hybridized carbons (Fsp3) is 0.278. The number of phenolic OH excluding ortho intramolecular Hbond substituents is 1. The fourth-order valence-electron chi connectivity index (χ4n) is 2.64. The lowest BCUT2D eigenvalue weighted by Crippen LogP contribution is -2.50. The number of anilines is 1. The summed E-state index contributed by atoms with van der Waals surface area (Å²) < 4.78 is 18.2. The van der Waals surface area contributed by atoms with E-state index in [1.807, 2.05) is 12.1 Å². The Kier molecular flexibility index (Phi) is 4.84. The minimum atomic E-state index is -0.334. The van der Waals surface area contributed by atoms with Crippen LogP contribution in [0.1, 0.15) is 0 Å². The predicted octanol–water partition coefficient (Wildman–Crippen LogP) is 2.26. The Labute approximate surface area is 139 Å². The van der Waals surface area contributed by atoms with Crippen molar-refractivity contribution in [3.8, 4) is 11.5 Å². The van der Waals surface area contributed by atoms with Gasteiger partial charge in [-0.05, 0) is 48.5 Å². The number of halogens is 1. The van der Waals surface area contributed by atoms with Crippen LogP contribution in [0.4, 0.5) is 10.1 Å². The Morgan fingerprint density at radius 3 is 2.25 bits per heavy atom. The molecule has 3 rings (SSSR count). The topological polar surface area (TPSA) is 53.0 Å². The van der Waals surface area contributed by atoms with Crippen molar-refractivity contribution in [2.45, 2.75) is 0 Å². The van der Waals surface area contributed by atoms with Gasteiger partial charge in [-0.25, -0.2) is 4.39 Å². The van der Waals surface area contributed by atoms with Gasteiger partial charge >= 0.3 is 0 Å². The SMILES string of the molecule is O=C(COc1ccc(F)cc1)N1CCN(c2ccc(O)cc2)CC1. The quantitative estimate of drug-likeness (QED) is 0.934. The Bertz CT molecular complexity index is 680. The standard InChI is InChI=1S/C18H19FN2O3/c19-14-1-7-17(8-2-14)24-13-18(23)21-11-9-20(10-12-21)15-3-5-16(22)6-4-15/h1-8,22H,9-13H2. The highest BCUT2D eigenvalue weighted by atomic mass is 19.1. The van der Waals surface area contributed by atoms with Gasteiger partial charge in [0, 0.05) is 31.9 Å². The molecule has 1 saturated heterocycles. The zero-order valence-corrected chi connectivity index (χ0v) is 13.2. The fourth-order valence-corrected chi connectivity index (χ4v) is 2.64. The second kappa shape index (κ2) is 7.21. The van der Waals surface area contributed by atoms with Crippen LogP contribution in [0.3, 0.4) is 0 Å². The van der Waals surface area contributed by atoms with E-state index in [1.54, 1.807) is 17.0 Å². The van der Waals surface area contributed by atoms with Gasteiger partial charge in [-0.3, -0.25) is 4.79 Å². The van der Waals surface area contributed by atoms with Crippen molar-refractivity contribution in [1.29, 1.82) is 0 Å². The lowest BCUT2D eigenvalue weighted by molar-refractivity contribution is -0.133. The van der Waals surface area contributed by atoms with Crippen molar-refractivity contribution in [1.82, 2.24) is 4.90 Å². The summed E-state index contributed by atoms with van der Waals surface area (Å²) in [4.78, 5) is 16.1. The van der Waals surface area contributed by atoms with Crippen LogP contribution in [0.15, 0.2) is 48.5 Å². The van der Waals surface area contributed by atoms with Crippen molar-refractivity contribution in [3.63, 3.8) is 0 Å². The van der Waals surface area contributed by atoms with E-state index >= 15 is 0 Å². The summed E-state index contributed by atoms with van der Waals surface area (Å²) in [5.41, 5.74) is 1.03. The normalized spacial score (nSPS) is 14.5. The van der Waals surface area contributed by atoms with Crippen LogP contribution in [0.25, 0.3) is 0 Å². The summed E-state index contributed by atoms with van der Waals surface area (Å²) in [5, 5.41) is 9.33. The van der Waals surface area contributed by atoms with Gasteiger partial charge in [0.25, 0.3) is 5.91 Å². The minimum absolute atomic E-state index is 0.0508. The van der Waals surface area contributed by atoms with Crippen molar-refractivity contribution in [3.05, 3.63) is 54.3 Å². The Morgan fingerprint density at radius 1 is 1.00 bits per heavy atom. The molecular weight excluding hydrogens is 311 g/mol. The highest BCUT2D eigenvalue weighted by Gasteiger charge is 2.21. The van der Waals surface area contributed by atoms with E-state index in [4.69, 9.17) is 4.74 Å². The molecule has 1 aliphatic rings. The molecule has 5 nitrogen and oxygen atoms in total. The molecule has 1 aliphatic heterocycles. The summed E-state index contributed by atoms with van der Waals surface area (Å²) in [5.74, 6) is 0.307. The van der Waals surface area contributed by atoms with Crippen LogP contribution < -0.4 is 9.64 Å². The van der Waals surface area contributed by atoms with Gasteiger partial charge in [-0.1, -0.05) is 0 Å². The summed E-state index contributed by atoms with van der Waals surface area (Å²) in [7, 11) is 0. The number of aromatic hydroxyl groups is 1. The van der Waals surface area contributed by atoms with E-state index < -0.39 is 0 Å². The van der Waals surface area contributed by atoms with Crippen LogP contribution in [0.2, 0.25) is 0 Å². The first kappa shape index (κ1) is 16.1. The summed E-state index contributed by atoms with van der Waals surface area (Å²) in [6, 6.07) is 12.7. The number of ether oxygens (including phenoxy) is 1. The van der Waals surface area contributed by atoms with E-state index in [-0.39, 0.29) is 24.1 Å². The van der Waals surface area contributed by atoms with Gasteiger partial charge in [0.15, 0.2) is 6.61 Å². The van der Waals surface area contributed by atoms with Gasteiger partial charge in [-0.2, -0.15) is 0 Å². The molecule has 1 amide bonds. The highest BCUT2D eigenvalue weighted by Crippen LogP contribution is 2.20. The van der Waals surface area contributed by atoms with Gasteiger partial charge in [-0.15, -0.1) is 0 Å². The zero-order chi connectivity index (χ0) is 16.9. The third-order valence-corrected chi connectivity index (χ3v) is 4.02. The monoisotopic (exact) mass is 330 g/mol. The average Bonchev–Trinajstić information content (AvgIpc) is 2.62. The van der Waals surface area contributed by atoms with E-state index in [0.29, 0.717) is 18.8 Å². The number of carbonyl (C=O) groups is 1. The summed E-state index contributed by atoms with van der Waals surface area (Å²) >= 11 is 0. The molecule has 126 valence electrons. The van der Waals surface area contributed by atoms with Crippen LogP contribution in [0.5, 0.6) is 11.5 Å². The maximum atomic E-state index is 12.8. The molecule has 2 aromatic carbocycles. The molecule has 1 heterocycles. The van der Waals surface area contributed by atoms with E-state index in [0.717, 1.165) is 18.8 Å². The van der Waals surface area contributed by atoms with Crippen molar-refractivity contribution < 1.29 is 19.0 Å². The largest absolute Gasteiger partial charge is 0.508 e. The summed E-state index contributed by atoms with van der Waals surface area (Å²) in [6.07, 6.45) is 0. The molecule has 0 spiro atoms. The molecule has 0 atom stereocenters. The number of hydrogen-bond donors (Lipinski definition) is 1. The number of carbonyl (C=O) groups excluding carboxylic acids is 1. The zero-order valence-electron chi connectivity index (χ0n) is 13.2. The molecule has 1 fully saturated rings. The second-order valence-electron chi connectivity index (χ2n) is 5.63. The lowest BCUT2D eigenvalue weighted by Gasteiger charge is -2.36. The van der Waals surface area contributed by atoms with Crippen molar-refractivity contribution in [2.24, 2.45) is 0 Å². The number of amides is 1. The van der Waals surface area contributed by atoms with Crippen molar-refractivity contribution in [2.75, 3.05) is 37.7 Å². The van der Waals surface area contributed by atoms with Gasteiger partial charge in [0.05, 0.1) is 0 Å². The molecule has 0 radical (unpaired) electrons. The molecule has 0 saturated carbocycles. The van der Waals surface area contributed by atoms with Crippen LogP contribution in [-0.4, -0.2) is 48.7 Å². The molecule has 0 aliphatic carbocycles. The number of hydrogen-bond acceptors (Lipinski definition) is 4. The first-order chi connectivity index (χ1) is 11.6. The number of rotatable bonds is 4. The minimum Gasteiger partial charge on any atom is -0.508 e. The van der Waals surface area contributed by atoms with Gasteiger partial charge < -0.3 is 19.6 Å². The van der Waals surface area contributed by atoms with Crippen LogP contribution in [0, 0.1) is 5.82 Å². The molecule has 0 aromatic heterocycles. The number of benzene rings is 2. The third kappa shape index (κ3) is 3.95. The molecule has 0 unspecified atom stereocenters. The number of piperazine rings is 1. The molecule has 24 heavy (non-hydrogen) atoms. The first-order valence-corrected chi connectivity index (χ1v) is 7.82. The molecule has 6 heteroatoms. The van der Waals surface area contributed by atoms with Crippen molar-refractivity contribution >= 4 is 11.6 Å². The molecule has 0 bridgehead atoms. The molecular formula is C18H19FN2O3. The predicted molar refractivity (Wildman–Crippen MR) is 88.8 cm³/mol. The van der Waals surface area contributed by atoms with Crippen LogP contribution in [-0.2, 0) is 4.79 Å². The lowest BCUT2D eigenvalue weighted by atomic mass is 10.2. The summed E-state index contributed by atoms with van der Waals surface area (Å²) in [6.45, 7) is 2.64. The van der Waals surface area contributed by atoms with E-state index in [1.165, 1.54) is 24.3 Å². The maximum absolute atomic E-state index is 12.8.